The lowest BCUT2D eigenvalue weighted by molar-refractivity contribution is 0.0627. The number of anilines is 1. The molecule has 0 atom stereocenters. The molecule has 1 spiro atoms. The standard InChI is InChI=1S/C18H17N3/c19-11-16-7-4-8-17(20-16)21-12-18(13-21)9-15(10-18)14-5-2-1-3-6-14/h1-8,15H,9-10,12-13H2. The molecule has 1 aliphatic carbocycles. The maximum Gasteiger partial charge on any atom is 0.142 e. The Kier molecular flexibility index (Phi) is 2.71. The number of nitrogens with zero attached hydrogens (tertiary/aromatic N) is 3. The van der Waals surface area contributed by atoms with Crippen molar-refractivity contribution in [1.82, 2.24) is 4.98 Å². The maximum atomic E-state index is 8.92. The normalized spacial score (nSPS) is 19.7. The molecule has 1 aromatic heterocycles. The van der Waals surface area contributed by atoms with Gasteiger partial charge in [0.25, 0.3) is 0 Å². The molecule has 3 nitrogen and oxygen atoms in total. The molecule has 0 amide bonds. The van der Waals surface area contributed by atoms with E-state index in [4.69, 9.17) is 5.26 Å². The first kappa shape index (κ1) is 12.4. The Morgan fingerprint density at radius 2 is 1.81 bits per heavy atom. The number of rotatable bonds is 2. The number of benzene rings is 1. The van der Waals surface area contributed by atoms with Crippen LogP contribution in [0.4, 0.5) is 5.82 Å². The molecule has 104 valence electrons. The van der Waals surface area contributed by atoms with Crippen LogP contribution in [-0.4, -0.2) is 18.1 Å². The molecule has 0 bridgehead atoms. The fraction of sp³-hybridized carbons (Fsp3) is 0.333. The van der Waals surface area contributed by atoms with E-state index in [0.29, 0.717) is 11.1 Å². The highest BCUT2D eigenvalue weighted by atomic mass is 15.3. The van der Waals surface area contributed by atoms with Gasteiger partial charge in [-0.25, -0.2) is 4.98 Å². The maximum absolute atomic E-state index is 8.92. The van der Waals surface area contributed by atoms with E-state index in [0.717, 1.165) is 24.8 Å². The fourth-order valence-electron chi connectivity index (χ4n) is 3.79. The molecule has 1 aliphatic heterocycles. The zero-order valence-corrected chi connectivity index (χ0v) is 11.9. The number of nitriles is 1. The van der Waals surface area contributed by atoms with E-state index in [1.807, 2.05) is 12.1 Å². The van der Waals surface area contributed by atoms with Gasteiger partial charge in [-0.3, -0.25) is 0 Å². The van der Waals surface area contributed by atoms with E-state index < -0.39 is 0 Å². The van der Waals surface area contributed by atoms with Crippen molar-refractivity contribution >= 4 is 5.82 Å². The predicted octanol–water partition coefficient (Wildman–Crippen LogP) is 3.34. The molecule has 2 heterocycles. The van der Waals surface area contributed by atoms with Crippen LogP contribution in [0.25, 0.3) is 0 Å². The van der Waals surface area contributed by atoms with E-state index in [2.05, 4.69) is 46.3 Å². The SMILES string of the molecule is N#Cc1cccc(N2CC3(CC(c4ccccc4)C3)C2)n1. The van der Waals surface area contributed by atoms with Crippen LogP contribution in [0.5, 0.6) is 0 Å². The van der Waals surface area contributed by atoms with Gasteiger partial charge in [0.15, 0.2) is 0 Å². The van der Waals surface area contributed by atoms with Gasteiger partial charge in [-0.1, -0.05) is 36.4 Å². The Hall–Kier alpha value is -2.34. The van der Waals surface area contributed by atoms with Crippen molar-refractivity contribution in [2.45, 2.75) is 18.8 Å². The fourth-order valence-corrected chi connectivity index (χ4v) is 3.79. The second-order valence-corrected chi connectivity index (χ2v) is 6.36. The van der Waals surface area contributed by atoms with Crippen molar-refractivity contribution < 1.29 is 0 Å². The minimum Gasteiger partial charge on any atom is -0.355 e. The summed E-state index contributed by atoms with van der Waals surface area (Å²) in [6, 6.07) is 18.6. The molecule has 1 aromatic carbocycles. The average molecular weight is 275 g/mol. The summed E-state index contributed by atoms with van der Waals surface area (Å²) in [5.74, 6) is 1.68. The van der Waals surface area contributed by atoms with Crippen LogP contribution in [0.15, 0.2) is 48.5 Å². The summed E-state index contributed by atoms with van der Waals surface area (Å²) in [5, 5.41) is 8.92. The first-order valence-electron chi connectivity index (χ1n) is 7.45. The molecular formula is C18H17N3. The second kappa shape index (κ2) is 4.60. The molecule has 1 saturated heterocycles. The largest absolute Gasteiger partial charge is 0.355 e. The van der Waals surface area contributed by atoms with E-state index in [1.54, 1.807) is 6.07 Å². The number of aromatic nitrogens is 1. The topological polar surface area (TPSA) is 39.9 Å². The molecule has 3 heteroatoms. The third-order valence-electron chi connectivity index (χ3n) is 4.86. The molecule has 0 unspecified atom stereocenters. The van der Waals surface area contributed by atoms with Crippen molar-refractivity contribution in [2.24, 2.45) is 5.41 Å². The number of hydrogen-bond donors (Lipinski definition) is 0. The van der Waals surface area contributed by atoms with Crippen LogP contribution in [0.2, 0.25) is 0 Å². The second-order valence-electron chi connectivity index (χ2n) is 6.36. The molecule has 0 N–H and O–H groups in total. The molecule has 21 heavy (non-hydrogen) atoms. The zero-order valence-electron chi connectivity index (χ0n) is 11.9. The first-order valence-corrected chi connectivity index (χ1v) is 7.45. The highest BCUT2D eigenvalue weighted by Crippen LogP contribution is 2.56. The monoisotopic (exact) mass is 275 g/mol. The summed E-state index contributed by atoms with van der Waals surface area (Å²) >= 11 is 0. The van der Waals surface area contributed by atoms with E-state index >= 15 is 0 Å². The van der Waals surface area contributed by atoms with Crippen molar-refractivity contribution in [2.75, 3.05) is 18.0 Å². The Morgan fingerprint density at radius 3 is 2.52 bits per heavy atom. The first-order chi connectivity index (χ1) is 10.3. The molecule has 2 fully saturated rings. The van der Waals surface area contributed by atoms with Crippen molar-refractivity contribution in [1.29, 1.82) is 5.26 Å². The van der Waals surface area contributed by atoms with Gasteiger partial charge in [-0.15, -0.1) is 0 Å². The van der Waals surface area contributed by atoms with Crippen LogP contribution in [0, 0.1) is 16.7 Å². The summed E-state index contributed by atoms with van der Waals surface area (Å²) in [7, 11) is 0. The summed E-state index contributed by atoms with van der Waals surface area (Å²) in [5.41, 5.74) is 2.47. The van der Waals surface area contributed by atoms with Gasteiger partial charge in [0.1, 0.15) is 17.6 Å². The van der Waals surface area contributed by atoms with Gasteiger partial charge in [0, 0.05) is 18.5 Å². The van der Waals surface area contributed by atoms with Crippen LogP contribution in [0.1, 0.15) is 30.0 Å². The molecule has 4 rings (SSSR count). The lowest BCUT2D eigenvalue weighted by Crippen LogP contribution is -2.62. The molecule has 1 saturated carbocycles. The van der Waals surface area contributed by atoms with Crippen LogP contribution >= 0.6 is 0 Å². The van der Waals surface area contributed by atoms with E-state index in [9.17, 15) is 0 Å². The molecule has 2 aromatic rings. The molecular weight excluding hydrogens is 258 g/mol. The van der Waals surface area contributed by atoms with Gasteiger partial charge >= 0.3 is 0 Å². The predicted molar refractivity (Wildman–Crippen MR) is 82.0 cm³/mol. The van der Waals surface area contributed by atoms with Gasteiger partial charge in [0.05, 0.1) is 0 Å². The Balaban J connectivity index is 1.39. The van der Waals surface area contributed by atoms with Crippen molar-refractivity contribution in [3.8, 4) is 6.07 Å². The Labute approximate surface area is 124 Å². The third-order valence-corrected chi connectivity index (χ3v) is 4.86. The van der Waals surface area contributed by atoms with Gasteiger partial charge in [0.2, 0.25) is 0 Å². The minimum atomic E-state index is 0.491. The lowest BCUT2D eigenvalue weighted by atomic mass is 9.56. The minimum absolute atomic E-state index is 0.491. The number of hydrogen-bond acceptors (Lipinski definition) is 3. The zero-order chi connectivity index (χ0) is 14.3. The van der Waals surface area contributed by atoms with Gasteiger partial charge in [-0.2, -0.15) is 5.26 Å². The van der Waals surface area contributed by atoms with Gasteiger partial charge in [-0.05, 0) is 36.5 Å². The molecule has 2 aliphatic rings. The summed E-state index contributed by atoms with van der Waals surface area (Å²) in [6.07, 6.45) is 2.57. The molecule has 0 radical (unpaired) electrons. The number of pyridine rings is 1. The highest BCUT2D eigenvalue weighted by Gasteiger charge is 2.52. The third kappa shape index (κ3) is 2.08. The summed E-state index contributed by atoms with van der Waals surface area (Å²) < 4.78 is 0. The van der Waals surface area contributed by atoms with E-state index in [-0.39, 0.29) is 0 Å². The Bertz CT molecular complexity index is 688. The van der Waals surface area contributed by atoms with Crippen LogP contribution in [-0.2, 0) is 0 Å². The van der Waals surface area contributed by atoms with E-state index in [1.165, 1.54) is 18.4 Å². The van der Waals surface area contributed by atoms with Crippen LogP contribution < -0.4 is 4.90 Å². The average Bonchev–Trinajstić information content (AvgIpc) is 2.46. The lowest BCUT2D eigenvalue weighted by Gasteiger charge is -2.59. The van der Waals surface area contributed by atoms with Crippen molar-refractivity contribution in [3.05, 3.63) is 59.8 Å². The van der Waals surface area contributed by atoms with Gasteiger partial charge < -0.3 is 4.90 Å². The van der Waals surface area contributed by atoms with Crippen LogP contribution in [0.3, 0.4) is 0 Å². The van der Waals surface area contributed by atoms with Crippen molar-refractivity contribution in [3.63, 3.8) is 0 Å². The Morgan fingerprint density at radius 1 is 1.05 bits per heavy atom. The highest BCUT2D eigenvalue weighted by molar-refractivity contribution is 5.46. The quantitative estimate of drug-likeness (QED) is 0.844. The smallest absolute Gasteiger partial charge is 0.142 e. The summed E-state index contributed by atoms with van der Waals surface area (Å²) in [4.78, 5) is 6.67. The summed E-state index contributed by atoms with van der Waals surface area (Å²) in [6.45, 7) is 2.16.